The lowest BCUT2D eigenvalue weighted by molar-refractivity contribution is -0.128. The minimum absolute atomic E-state index is 0.0671. The highest BCUT2D eigenvalue weighted by Gasteiger charge is 2.23. The van der Waals surface area contributed by atoms with Crippen LogP contribution in [0.1, 0.15) is 53.5 Å². The molecular formula is C28H30N4O5. The van der Waals surface area contributed by atoms with Gasteiger partial charge < -0.3 is 9.84 Å². The van der Waals surface area contributed by atoms with Gasteiger partial charge in [0.1, 0.15) is 11.4 Å². The van der Waals surface area contributed by atoms with Gasteiger partial charge in [-0.25, -0.2) is 9.78 Å². The molecule has 0 fully saturated rings. The molecule has 0 bridgehead atoms. The summed E-state index contributed by atoms with van der Waals surface area (Å²) in [5.41, 5.74) is 4.04. The van der Waals surface area contributed by atoms with E-state index in [0.717, 1.165) is 34.2 Å². The Balaban J connectivity index is 1.98. The topological polar surface area (TPSA) is 116 Å². The molecule has 0 aliphatic heterocycles. The third-order valence-corrected chi connectivity index (χ3v) is 6.61. The first-order chi connectivity index (χ1) is 17.8. The van der Waals surface area contributed by atoms with Gasteiger partial charge in [-0.05, 0) is 66.1 Å². The van der Waals surface area contributed by atoms with Gasteiger partial charge in [0.2, 0.25) is 0 Å². The summed E-state index contributed by atoms with van der Waals surface area (Å²) in [5, 5.41) is 10.2. The molecule has 0 radical (unpaired) electrons. The summed E-state index contributed by atoms with van der Waals surface area (Å²) in [6, 6.07) is 8.94. The molecule has 37 heavy (non-hydrogen) atoms. The summed E-state index contributed by atoms with van der Waals surface area (Å²) in [7, 11) is 1.60. The lowest BCUT2D eigenvalue weighted by Crippen LogP contribution is -2.40. The summed E-state index contributed by atoms with van der Waals surface area (Å²) in [4.78, 5) is 46.4. The van der Waals surface area contributed by atoms with E-state index in [-0.39, 0.29) is 24.8 Å². The Morgan fingerprint density at radius 2 is 1.89 bits per heavy atom. The molecule has 1 atom stereocenters. The monoisotopic (exact) mass is 502 g/mol. The van der Waals surface area contributed by atoms with Gasteiger partial charge in [0.25, 0.3) is 12.0 Å². The number of carbonyl (C=O) groups excluding carboxylic acids is 1. The van der Waals surface area contributed by atoms with Crippen molar-refractivity contribution in [2.75, 3.05) is 6.61 Å². The van der Waals surface area contributed by atoms with Gasteiger partial charge in [-0.1, -0.05) is 25.1 Å². The fourth-order valence-corrected chi connectivity index (χ4v) is 4.79. The van der Waals surface area contributed by atoms with Crippen LogP contribution in [0, 0.1) is 6.92 Å². The van der Waals surface area contributed by atoms with E-state index in [4.69, 9.17) is 4.74 Å². The highest BCUT2D eigenvalue weighted by Crippen LogP contribution is 2.33. The summed E-state index contributed by atoms with van der Waals surface area (Å²) >= 11 is 0. The van der Waals surface area contributed by atoms with Gasteiger partial charge in [-0.2, -0.15) is 0 Å². The van der Waals surface area contributed by atoms with Crippen LogP contribution in [0.25, 0.3) is 11.0 Å². The first kappa shape index (κ1) is 25.8. The quantitative estimate of drug-likeness (QED) is 0.261. The minimum atomic E-state index is -0.477. The molecule has 9 heteroatoms. The second-order valence-corrected chi connectivity index (χ2v) is 9.11. The van der Waals surface area contributed by atoms with E-state index in [1.165, 1.54) is 9.13 Å². The van der Waals surface area contributed by atoms with Gasteiger partial charge in [0.15, 0.2) is 0 Å². The summed E-state index contributed by atoms with van der Waals surface area (Å²) in [6.45, 7) is 4.62. The third-order valence-electron chi connectivity index (χ3n) is 6.61. The molecule has 0 spiro atoms. The van der Waals surface area contributed by atoms with Crippen LogP contribution >= 0.6 is 0 Å². The molecule has 3 heterocycles. The number of rotatable bonds is 10. The Morgan fingerprint density at radius 1 is 1.14 bits per heavy atom. The van der Waals surface area contributed by atoms with Crippen molar-refractivity contribution in [3.05, 3.63) is 97.6 Å². The van der Waals surface area contributed by atoms with Gasteiger partial charge in [-0.3, -0.25) is 23.7 Å². The zero-order valence-electron chi connectivity index (χ0n) is 21.2. The van der Waals surface area contributed by atoms with Gasteiger partial charge >= 0.3 is 5.69 Å². The van der Waals surface area contributed by atoms with Crippen LogP contribution in [0.5, 0.6) is 5.75 Å². The number of pyridine rings is 2. The third kappa shape index (κ3) is 5.30. The molecule has 1 N–H and O–H groups in total. The molecule has 3 aromatic heterocycles. The van der Waals surface area contributed by atoms with Crippen LogP contribution in [-0.4, -0.2) is 37.3 Å². The number of hydrogen-bond donors (Lipinski definition) is 1. The number of fused-ring (bicyclic) bond motifs is 1. The fourth-order valence-electron chi connectivity index (χ4n) is 4.79. The molecule has 4 rings (SSSR count). The van der Waals surface area contributed by atoms with Crippen molar-refractivity contribution in [2.45, 2.75) is 45.6 Å². The second-order valence-electron chi connectivity index (χ2n) is 9.11. The molecule has 0 saturated carbocycles. The molecular weight excluding hydrogens is 472 g/mol. The number of hydrogen-bond acceptors (Lipinski definition) is 7. The van der Waals surface area contributed by atoms with Crippen molar-refractivity contribution >= 4 is 17.5 Å². The Bertz CT molecular complexity index is 1540. The maximum atomic E-state index is 13.8. The largest absolute Gasteiger partial charge is 0.508 e. The van der Waals surface area contributed by atoms with Crippen molar-refractivity contribution in [3.8, 4) is 5.75 Å². The van der Waals surface area contributed by atoms with Crippen molar-refractivity contribution in [1.29, 1.82) is 0 Å². The van der Waals surface area contributed by atoms with Crippen LogP contribution in [-0.2, 0) is 29.5 Å². The highest BCUT2D eigenvalue weighted by molar-refractivity contribution is 5.80. The number of ether oxygens (including phenoxy) is 1. The Morgan fingerprint density at radius 3 is 2.57 bits per heavy atom. The number of carbonyl (C=O) groups is 1. The van der Waals surface area contributed by atoms with E-state index < -0.39 is 11.2 Å². The van der Waals surface area contributed by atoms with Crippen LogP contribution in [0.2, 0.25) is 0 Å². The highest BCUT2D eigenvalue weighted by atomic mass is 16.5. The van der Waals surface area contributed by atoms with Gasteiger partial charge in [-0.15, -0.1) is 0 Å². The van der Waals surface area contributed by atoms with Crippen molar-refractivity contribution < 1.29 is 14.6 Å². The fraction of sp³-hybridized carbons (Fsp3) is 0.321. The van der Waals surface area contributed by atoms with Gasteiger partial charge in [0, 0.05) is 38.1 Å². The summed E-state index contributed by atoms with van der Waals surface area (Å²) < 4.78 is 7.31. The van der Waals surface area contributed by atoms with Crippen LogP contribution in [0.4, 0.5) is 0 Å². The molecule has 1 aromatic carbocycles. The molecule has 0 saturated heterocycles. The van der Waals surface area contributed by atoms with Crippen LogP contribution in [0.3, 0.4) is 0 Å². The smallest absolute Gasteiger partial charge is 0.332 e. The zero-order valence-corrected chi connectivity index (χ0v) is 21.2. The minimum Gasteiger partial charge on any atom is -0.508 e. The number of phenolic OH excluding ortho intramolecular Hbond substituents is 1. The molecule has 0 aliphatic rings. The van der Waals surface area contributed by atoms with E-state index in [1.807, 2.05) is 25.3 Å². The molecule has 192 valence electrons. The van der Waals surface area contributed by atoms with E-state index in [1.54, 1.807) is 31.6 Å². The molecule has 0 aliphatic carbocycles. The average Bonchev–Trinajstić information content (AvgIpc) is 2.89. The molecule has 9 nitrogen and oxygen atoms in total. The Kier molecular flexibility index (Phi) is 7.81. The van der Waals surface area contributed by atoms with E-state index in [9.17, 15) is 19.5 Å². The lowest BCUT2D eigenvalue weighted by atomic mass is 9.85. The van der Waals surface area contributed by atoms with E-state index in [2.05, 4.69) is 23.0 Å². The number of aryl methyl sites for hydroxylation is 2. The molecule has 0 amide bonds. The number of nitrogens with zero attached hydrogens (tertiary/aromatic N) is 4. The van der Waals surface area contributed by atoms with Crippen LogP contribution < -0.4 is 11.2 Å². The zero-order chi connectivity index (χ0) is 26.5. The molecule has 1 unspecified atom stereocenters. The van der Waals surface area contributed by atoms with Crippen molar-refractivity contribution in [2.24, 2.45) is 7.05 Å². The average molecular weight is 503 g/mol. The number of aromatic nitrogens is 4. The normalized spacial score (nSPS) is 12.0. The molecule has 4 aromatic rings. The lowest BCUT2D eigenvalue weighted by Gasteiger charge is -2.22. The second kappa shape index (κ2) is 11.2. The van der Waals surface area contributed by atoms with Crippen LogP contribution in [0.15, 0.2) is 58.5 Å². The Labute approximate surface area is 214 Å². The SMILES string of the molecule is CCC(c1cncc(C)c1)c1cnc2c(c1Cc1ccc(O)cc1)c(=O)n(CCCOC=O)c(=O)n2C. The first-order valence-electron chi connectivity index (χ1n) is 12.2. The standard InChI is InChI=1S/C28H30N4O5/c1-4-22(20-12-18(2)14-29-15-20)24-16-30-26-25(23(24)13-19-6-8-21(34)9-7-19)27(35)32(28(36)31(26)3)10-5-11-37-17-33/h6-9,12,14-17,22,34H,4-5,10-11,13H2,1-3H3. The Hall–Kier alpha value is -4.27. The van der Waals surface area contributed by atoms with Crippen molar-refractivity contribution in [1.82, 2.24) is 19.1 Å². The van der Waals surface area contributed by atoms with Gasteiger partial charge in [0.05, 0.1) is 12.0 Å². The van der Waals surface area contributed by atoms with Crippen molar-refractivity contribution in [3.63, 3.8) is 0 Å². The van der Waals surface area contributed by atoms with E-state index in [0.29, 0.717) is 30.3 Å². The summed E-state index contributed by atoms with van der Waals surface area (Å²) in [5.74, 6) is 0.0885. The predicted octanol–water partition coefficient (Wildman–Crippen LogP) is 3.20. The predicted molar refractivity (Wildman–Crippen MR) is 140 cm³/mol. The number of phenols is 1. The number of aromatic hydroxyl groups is 1. The van der Waals surface area contributed by atoms with E-state index >= 15 is 0 Å². The first-order valence-corrected chi connectivity index (χ1v) is 12.2. The maximum Gasteiger partial charge on any atom is 0.332 e. The number of benzene rings is 1. The maximum absolute atomic E-state index is 13.8. The summed E-state index contributed by atoms with van der Waals surface area (Å²) in [6.07, 6.45) is 6.88.